The number of anilines is 1. The van der Waals surface area contributed by atoms with Gasteiger partial charge in [-0.3, -0.25) is 14.4 Å². The Labute approximate surface area is 188 Å². The summed E-state index contributed by atoms with van der Waals surface area (Å²) in [6.07, 6.45) is 0.831. The fraction of sp³-hybridized carbons (Fsp3) is 0.217. The van der Waals surface area contributed by atoms with Crippen molar-refractivity contribution in [2.24, 2.45) is 0 Å². The summed E-state index contributed by atoms with van der Waals surface area (Å²) in [7, 11) is 0. The number of rotatable bonds is 6. The van der Waals surface area contributed by atoms with E-state index in [0.717, 1.165) is 10.6 Å². The van der Waals surface area contributed by atoms with Crippen molar-refractivity contribution in [3.8, 4) is 0 Å². The summed E-state index contributed by atoms with van der Waals surface area (Å²) in [5.41, 5.74) is 2.11. The lowest BCUT2D eigenvalue weighted by molar-refractivity contribution is -0.116. The van der Waals surface area contributed by atoms with E-state index in [2.05, 4.69) is 10.3 Å². The second kappa shape index (κ2) is 9.41. The molecule has 1 N–H and O–H groups in total. The first-order valence-corrected chi connectivity index (χ1v) is 11.1. The maximum atomic E-state index is 12.7. The van der Waals surface area contributed by atoms with Gasteiger partial charge in [0, 0.05) is 46.8 Å². The molecule has 0 spiro atoms. The number of carbonyl (C=O) groups is 3. The van der Waals surface area contributed by atoms with Gasteiger partial charge in [-0.15, -0.1) is 0 Å². The first-order valence-electron chi connectivity index (χ1n) is 9.91. The van der Waals surface area contributed by atoms with Gasteiger partial charge < -0.3 is 10.2 Å². The highest BCUT2D eigenvalue weighted by Crippen LogP contribution is 2.29. The third-order valence-electron chi connectivity index (χ3n) is 5.03. The Morgan fingerprint density at radius 1 is 1.00 bits per heavy atom. The van der Waals surface area contributed by atoms with E-state index in [1.165, 1.54) is 11.3 Å². The van der Waals surface area contributed by atoms with Crippen LogP contribution in [-0.2, 0) is 17.8 Å². The van der Waals surface area contributed by atoms with Gasteiger partial charge in [-0.25, -0.2) is 4.98 Å². The number of Topliss-reactive ketones (excluding diaryl/α,β-unsaturated/α-hetero) is 1. The van der Waals surface area contributed by atoms with Gasteiger partial charge in [0.25, 0.3) is 5.91 Å². The number of ketones is 1. The van der Waals surface area contributed by atoms with Crippen LogP contribution in [0, 0.1) is 0 Å². The smallest absolute Gasteiger partial charge is 0.254 e. The molecule has 4 rings (SSSR count). The molecule has 1 aliphatic rings. The molecule has 0 saturated heterocycles. The summed E-state index contributed by atoms with van der Waals surface area (Å²) in [6, 6.07) is 15.8. The summed E-state index contributed by atoms with van der Waals surface area (Å²) in [5.74, 6) is -0.378. The molecule has 1 aromatic heterocycles. The van der Waals surface area contributed by atoms with E-state index < -0.39 is 0 Å². The predicted molar refractivity (Wildman–Crippen MR) is 121 cm³/mol. The molecule has 2 heterocycles. The fourth-order valence-corrected chi connectivity index (χ4v) is 4.54. The van der Waals surface area contributed by atoms with Crippen molar-refractivity contribution < 1.29 is 14.4 Å². The van der Waals surface area contributed by atoms with Crippen molar-refractivity contribution in [2.75, 3.05) is 11.9 Å². The number of benzene rings is 2. The molecule has 3 aromatic rings. The van der Waals surface area contributed by atoms with Crippen LogP contribution in [0.1, 0.15) is 44.1 Å². The third kappa shape index (κ3) is 5.18. The Bertz CT molecular complexity index is 1110. The molecule has 2 amide bonds. The lowest BCUT2D eigenvalue weighted by Gasteiger charge is -2.26. The number of thiazole rings is 1. The molecule has 1 aliphatic heterocycles. The van der Waals surface area contributed by atoms with Crippen LogP contribution in [0.5, 0.6) is 0 Å². The molecule has 0 bridgehead atoms. The van der Waals surface area contributed by atoms with E-state index in [1.807, 2.05) is 30.3 Å². The van der Waals surface area contributed by atoms with Gasteiger partial charge >= 0.3 is 0 Å². The maximum Gasteiger partial charge on any atom is 0.254 e. The molecular formula is C23H20ClN3O3S. The second-order valence-electron chi connectivity index (χ2n) is 7.21. The minimum absolute atomic E-state index is 0.00838. The summed E-state index contributed by atoms with van der Waals surface area (Å²) in [6.45, 7) is 1.07. The van der Waals surface area contributed by atoms with E-state index in [9.17, 15) is 14.4 Å². The molecule has 31 heavy (non-hydrogen) atoms. The minimum Gasteiger partial charge on any atom is -0.333 e. The zero-order valence-electron chi connectivity index (χ0n) is 16.6. The highest BCUT2D eigenvalue weighted by atomic mass is 35.5. The average Bonchev–Trinajstić information content (AvgIpc) is 3.19. The first-order chi connectivity index (χ1) is 15.0. The Hall–Kier alpha value is -3.03. The zero-order chi connectivity index (χ0) is 21.8. The Morgan fingerprint density at radius 2 is 1.74 bits per heavy atom. The van der Waals surface area contributed by atoms with Crippen molar-refractivity contribution in [3.63, 3.8) is 0 Å². The van der Waals surface area contributed by atoms with Gasteiger partial charge in [0.15, 0.2) is 10.9 Å². The number of halogens is 1. The largest absolute Gasteiger partial charge is 0.333 e. The molecular weight excluding hydrogens is 434 g/mol. The number of fused-ring (bicyclic) bond motifs is 1. The number of hydrogen-bond acceptors (Lipinski definition) is 5. The van der Waals surface area contributed by atoms with Gasteiger partial charge in [0.05, 0.1) is 12.2 Å². The quantitative estimate of drug-likeness (QED) is 0.553. The van der Waals surface area contributed by atoms with Crippen LogP contribution in [0.2, 0.25) is 5.02 Å². The van der Waals surface area contributed by atoms with E-state index in [0.29, 0.717) is 40.8 Å². The Morgan fingerprint density at radius 3 is 2.48 bits per heavy atom. The summed E-state index contributed by atoms with van der Waals surface area (Å²) < 4.78 is 0. The molecule has 0 unspecified atom stereocenters. The number of nitrogens with one attached hydrogen (secondary N) is 1. The maximum absolute atomic E-state index is 12.7. The number of nitrogens with zero attached hydrogens (tertiary/aromatic N) is 2. The standard InChI is InChI=1S/C23H20ClN3O3S/c24-17-8-6-15(7-9-17)19(28)10-11-21(29)26-23-25-18-12-13-27(14-20(18)31-23)22(30)16-4-2-1-3-5-16/h1-9H,10-14H2,(H,25,26,29). The normalized spacial score (nSPS) is 12.9. The van der Waals surface area contributed by atoms with Crippen molar-refractivity contribution >= 4 is 45.7 Å². The third-order valence-corrected chi connectivity index (χ3v) is 6.28. The minimum atomic E-state index is -0.259. The monoisotopic (exact) mass is 453 g/mol. The number of hydrogen-bond donors (Lipinski definition) is 1. The van der Waals surface area contributed by atoms with Crippen molar-refractivity contribution in [1.29, 1.82) is 0 Å². The van der Waals surface area contributed by atoms with Crippen LogP contribution in [-0.4, -0.2) is 34.0 Å². The summed E-state index contributed by atoms with van der Waals surface area (Å²) in [4.78, 5) is 44.5. The predicted octanol–water partition coefficient (Wildman–Crippen LogP) is 4.60. The summed E-state index contributed by atoms with van der Waals surface area (Å²) in [5, 5.41) is 3.85. The second-order valence-corrected chi connectivity index (χ2v) is 8.73. The van der Waals surface area contributed by atoms with E-state index >= 15 is 0 Å². The fourth-order valence-electron chi connectivity index (χ4n) is 3.37. The van der Waals surface area contributed by atoms with Crippen LogP contribution in [0.4, 0.5) is 5.13 Å². The SMILES string of the molecule is O=C(CCC(=O)c1ccc(Cl)cc1)Nc1nc2c(s1)CN(C(=O)c1ccccc1)CC2. The van der Waals surface area contributed by atoms with Crippen LogP contribution in [0.25, 0.3) is 0 Å². The zero-order valence-corrected chi connectivity index (χ0v) is 18.2. The van der Waals surface area contributed by atoms with Gasteiger partial charge in [0.2, 0.25) is 5.91 Å². The highest BCUT2D eigenvalue weighted by molar-refractivity contribution is 7.15. The van der Waals surface area contributed by atoms with Gasteiger partial charge in [-0.2, -0.15) is 0 Å². The van der Waals surface area contributed by atoms with Gasteiger partial charge in [-0.05, 0) is 36.4 Å². The van der Waals surface area contributed by atoms with E-state index in [-0.39, 0.29) is 30.4 Å². The summed E-state index contributed by atoms with van der Waals surface area (Å²) >= 11 is 7.21. The van der Waals surface area contributed by atoms with E-state index in [4.69, 9.17) is 11.6 Å². The first kappa shape index (κ1) is 21.2. The molecule has 6 nitrogen and oxygen atoms in total. The highest BCUT2D eigenvalue weighted by Gasteiger charge is 2.25. The molecule has 0 fully saturated rings. The van der Waals surface area contributed by atoms with Crippen LogP contribution < -0.4 is 5.32 Å². The molecule has 0 atom stereocenters. The topological polar surface area (TPSA) is 79.4 Å². The lowest BCUT2D eigenvalue weighted by atomic mass is 10.1. The Kier molecular flexibility index (Phi) is 6.44. The van der Waals surface area contributed by atoms with Crippen LogP contribution >= 0.6 is 22.9 Å². The molecule has 0 saturated carbocycles. The van der Waals surface area contributed by atoms with Crippen LogP contribution in [0.15, 0.2) is 54.6 Å². The van der Waals surface area contributed by atoms with Crippen LogP contribution in [0.3, 0.4) is 0 Å². The molecule has 0 aliphatic carbocycles. The average molecular weight is 454 g/mol. The lowest BCUT2D eigenvalue weighted by Crippen LogP contribution is -2.35. The number of amides is 2. The van der Waals surface area contributed by atoms with Crippen molar-refractivity contribution in [3.05, 3.63) is 81.3 Å². The molecule has 2 aromatic carbocycles. The molecule has 158 valence electrons. The van der Waals surface area contributed by atoms with E-state index in [1.54, 1.807) is 29.2 Å². The molecule has 0 radical (unpaired) electrons. The number of carbonyl (C=O) groups excluding carboxylic acids is 3. The molecule has 8 heteroatoms. The van der Waals surface area contributed by atoms with Crippen molar-refractivity contribution in [1.82, 2.24) is 9.88 Å². The van der Waals surface area contributed by atoms with Crippen molar-refractivity contribution in [2.45, 2.75) is 25.8 Å². The number of aromatic nitrogens is 1. The van der Waals surface area contributed by atoms with Gasteiger partial charge in [-0.1, -0.05) is 41.1 Å². The van der Waals surface area contributed by atoms with Gasteiger partial charge in [0.1, 0.15) is 0 Å². The Balaban J connectivity index is 1.32.